The molecule has 2 rings (SSSR count). The molecule has 0 aromatic heterocycles. The van der Waals surface area contributed by atoms with Crippen molar-refractivity contribution in [2.24, 2.45) is 5.73 Å². The van der Waals surface area contributed by atoms with Gasteiger partial charge in [-0.25, -0.2) is 0 Å². The van der Waals surface area contributed by atoms with Gasteiger partial charge < -0.3 is 15.6 Å². The van der Waals surface area contributed by atoms with Gasteiger partial charge in [0.05, 0.1) is 11.4 Å². The van der Waals surface area contributed by atoms with E-state index in [1.54, 1.807) is 36.4 Å². The first-order valence-electron chi connectivity index (χ1n) is 6.06. The number of ether oxygens (including phenoxy) is 1. The van der Waals surface area contributed by atoms with Crippen molar-refractivity contribution in [2.45, 2.75) is 12.5 Å². The summed E-state index contributed by atoms with van der Waals surface area (Å²) in [4.78, 5) is 10.7. The summed E-state index contributed by atoms with van der Waals surface area (Å²) < 4.78 is 5.67. The van der Waals surface area contributed by atoms with E-state index in [0.717, 1.165) is 0 Å². The van der Waals surface area contributed by atoms with E-state index in [9.17, 15) is 4.79 Å². The smallest absolute Gasteiger partial charge is 0.305 e. The normalized spacial score (nSPS) is 11.3. The quantitative estimate of drug-likeness (QED) is 0.869. The molecule has 0 amide bonds. The summed E-state index contributed by atoms with van der Waals surface area (Å²) in [5, 5.41) is 9.26. The minimum absolute atomic E-state index is 0. The van der Waals surface area contributed by atoms with Crippen molar-refractivity contribution < 1.29 is 14.6 Å². The molecule has 0 radical (unpaired) electrons. The van der Waals surface area contributed by atoms with Crippen LogP contribution < -0.4 is 10.5 Å². The van der Waals surface area contributed by atoms with Crippen LogP contribution in [0.1, 0.15) is 18.0 Å². The zero-order chi connectivity index (χ0) is 14.5. The van der Waals surface area contributed by atoms with Crippen molar-refractivity contribution in [1.82, 2.24) is 0 Å². The number of halogens is 2. The van der Waals surface area contributed by atoms with Crippen LogP contribution in [0.15, 0.2) is 48.5 Å². The van der Waals surface area contributed by atoms with Gasteiger partial charge in [0.1, 0.15) is 11.5 Å². The van der Waals surface area contributed by atoms with E-state index in [0.29, 0.717) is 22.1 Å². The topological polar surface area (TPSA) is 72.6 Å². The maximum Gasteiger partial charge on any atom is 0.305 e. The lowest BCUT2D eigenvalue weighted by molar-refractivity contribution is -0.137. The molecule has 21 heavy (non-hydrogen) atoms. The molecular formula is C15H15Cl2NO3. The molecule has 6 heteroatoms. The van der Waals surface area contributed by atoms with Crippen LogP contribution in [0.3, 0.4) is 0 Å². The summed E-state index contributed by atoms with van der Waals surface area (Å²) in [6, 6.07) is 13.6. The van der Waals surface area contributed by atoms with Crippen molar-refractivity contribution >= 4 is 30.0 Å². The lowest BCUT2D eigenvalue weighted by atomic mass is 10.0. The van der Waals surface area contributed by atoms with E-state index < -0.39 is 12.0 Å². The summed E-state index contributed by atoms with van der Waals surface area (Å²) >= 11 is 6.02. The summed E-state index contributed by atoms with van der Waals surface area (Å²) in [6.45, 7) is 0. The third kappa shape index (κ3) is 4.93. The van der Waals surface area contributed by atoms with E-state index in [1.165, 1.54) is 0 Å². The number of benzene rings is 2. The molecule has 2 aromatic carbocycles. The molecule has 1 atom stereocenters. The molecule has 0 heterocycles. The van der Waals surface area contributed by atoms with Crippen LogP contribution >= 0.6 is 24.0 Å². The van der Waals surface area contributed by atoms with Crippen LogP contribution in [0.2, 0.25) is 5.02 Å². The lowest BCUT2D eigenvalue weighted by Gasteiger charge is -2.12. The van der Waals surface area contributed by atoms with Crippen LogP contribution in [0.25, 0.3) is 0 Å². The monoisotopic (exact) mass is 327 g/mol. The van der Waals surface area contributed by atoms with E-state index in [-0.39, 0.29) is 18.8 Å². The number of hydrogen-bond acceptors (Lipinski definition) is 3. The Morgan fingerprint density at radius 3 is 2.62 bits per heavy atom. The van der Waals surface area contributed by atoms with E-state index in [1.807, 2.05) is 12.1 Å². The molecule has 0 fully saturated rings. The SMILES string of the molecule is Cl.N[C@@H](CC(=O)O)c1cccc(Oc2ccccc2Cl)c1. The first kappa shape index (κ1) is 17.3. The Morgan fingerprint density at radius 2 is 1.95 bits per heavy atom. The Labute approximate surface area is 133 Å². The molecule has 0 unspecified atom stereocenters. The number of aliphatic carboxylic acids is 1. The second kappa shape index (κ2) is 7.88. The Morgan fingerprint density at radius 1 is 1.24 bits per heavy atom. The largest absolute Gasteiger partial charge is 0.481 e. The Bertz CT molecular complexity index is 619. The van der Waals surface area contributed by atoms with E-state index in [4.69, 9.17) is 27.2 Å². The van der Waals surface area contributed by atoms with Gasteiger partial charge in [0.25, 0.3) is 0 Å². The van der Waals surface area contributed by atoms with Crippen molar-refractivity contribution in [3.63, 3.8) is 0 Å². The van der Waals surface area contributed by atoms with Gasteiger partial charge in [-0.15, -0.1) is 12.4 Å². The highest BCUT2D eigenvalue weighted by Gasteiger charge is 2.11. The average Bonchev–Trinajstić information content (AvgIpc) is 2.41. The highest BCUT2D eigenvalue weighted by molar-refractivity contribution is 6.32. The molecule has 4 nitrogen and oxygen atoms in total. The molecule has 0 bridgehead atoms. The predicted molar refractivity (Wildman–Crippen MR) is 84.4 cm³/mol. The van der Waals surface area contributed by atoms with Gasteiger partial charge in [-0.1, -0.05) is 35.9 Å². The van der Waals surface area contributed by atoms with Crippen molar-refractivity contribution in [2.75, 3.05) is 0 Å². The number of carboxylic acids is 1. The minimum Gasteiger partial charge on any atom is -0.481 e. The van der Waals surface area contributed by atoms with E-state index >= 15 is 0 Å². The molecule has 0 aliphatic rings. The van der Waals surface area contributed by atoms with Gasteiger partial charge in [0, 0.05) is 6.04 Å². The molecule has 112 valence electrons. The zero-order valence-corrected chi connectivity index (χ0v) is 12.6. The highest BCUT2D eigenvalue weighted by atomic mass is 35.5. The Balaban J connectivity index is 0.00000220. The number of hydrogen-bond donors (Lipinski definition) is 2. The average molecular weight is 328 g/mol. The van der Waals surface area contributed by atoms with Gasteiger partial charge in [-0.05, 0) is 29.8 Å². The second-order valence-electron chi connectivity index (χ2n) is 4.31. The molecule has 3 N–H and O–H groups in total. The van der Waals surface area contributed by atoms with Gasteiger partial charge in [0.2, 0.25) is 0 Å². The molecule has 0 aliphatic carbocycles. The van der Waals surface area contributed by atoms with Crippen LogP contribution in [0.5, 0.6) is 11.5 Å². The Hall–Kier alpha value is -1.75. The standard InChI is InChI=1S/C15H14ClNO3.ClH/c16-12-6-1-2-7-14(12)20-11-5-3-4-10(8-11)13(17)9-15(18)19;/h1-8,13H,9,17H2,(H,18,19);1H/t13-;/m0./s1. The van der Waals surface area contributed by atoms with Gasteiger partial charge in [-0.3, -0.25) is 4.79 Å². The van der Waals surface area contributed by atoms with Gasteiger partial charge in [-0.2, -0.15) is 0 Å². The summed E-state index contributed by atoms with van der Waals surface area (Å²) in [7, 11) is 0. The minimum atomic E-state index is -0.935. The van der Waals surface area contributed by atoms with Crippen LogP contribution in [0, 0.1) is 0 Å². The molecule has 0 saturated carbocycles. The van der Waals surface area contributed by atoms with Gasteiger partial charge in [0.15, 0.2) is 0 Å². The third-order valence-electron chi connectivity index (χ3n) is 2.75. The van der Waals surface area contributed by atoms with Crippen LogP contribution in [0.4, 0.5) is 0 Å². The first-order chi connectivity index (χ1) is 9.56. The number of carbonyl (C=O) groups is 1. The summed E-state index contributed by atoms with van der Waals surface area (Å²) in [5.41, 5.74) is 6.53. The van der Waals surface area contributed by atoms with Crippen molar-refractivity contribution in [3.8, 4) is 11.5 Å². The van der Waals surface area contributed by atoms with Crippen molar-refractivity contribution in [3.05, 3.63) is 59.1 Å². The Kier molecular flexibility index (Phi) is 6.49. The number of carboxylic acid groups (broad SMARTS) is 1. The molecule has 0 aliphatic heterocycles. The summed E-state index contributed by atoms with van der Waals surface area (Å²) in [6.07, 6.45) is -0.129. The predicted octanol–water partition coefficient (Wildman–Crippen LogP) is 4.03. The number of para-hydroxylation sites is 1. The summed E-state index contributed by atoms with van der Waals surface area (Å²) in [5.74, 6) is 0.171. The number of rotatable bonds is 5. The fourth-order valence-corrected chi connectivity index (χ4v) is 1.94. The molecule has 0 saturated heterocycles. The van der Waals surface area contributed by atoms with Crippen molar-refractivity contribution in [1.29, 1.82) is 0 Å². The van der Waals surface area contributed by atoms with Crippen LogP contribution in [-0.4, -0.2) is 11.1 Å². The maximum absolute atomic E-state index is 10.7. The zero-order valence-electron chi connectivity index (χ0n) is 11.0. The molecule has 0 spiro atoms. The van der Waals surface area contributed by atoms with Gasteiger partial charge >= 0.3 is 5.97 Å². The third-order valence-corrected chi connectivity index (χ3v) is 3.06. The fraction of sp³-hybridized carbons (Fsp3) is 0.133. The number of nitrogens with two attached hydrogens (primary N) is 1. The first-order valence-corrected chi connectivity index (χ1v) is 6.44. The maximum atomic E-state index is 10.7. The van der Waals surface area contributed by atoms with Crippen LogP contribution in [-0.2, 0) is 4.79 Å². The van der Waals surface area contributed by atoms with E-state index in [2.05, 4.69) is 0 Å². The second-order valence-corrected chi connectivity index (χ2v) is 4.72. The molecule has 2 aromatic rings. The fourth-order valence-electron chi connectivity index (χ4n) is 1.77. The highest BCUT2D eigenvalue weighted by Crippen LogP contribution is 2.30. The molecular weight excluding hydrogens is 313 g/mol. The lowest BCUT2D eigenvalue weighted by Crippen LogP contribution is -2.14.